The smallest absolute Gasteiger partial charge is 0.132 e. The Bertz CT molecular complexity index is 385. The molecule has 0 amide bonds. The van der Waals surface area contributed by atoms with E-state index in [1.807, 2.05) is 0 Å². The molecule has 106 valence electrons. The predicted octanol–water partition coefficient (Wildman–Crippen LogP) is 1.24. The van der Waals surface area contributed by atoms with Crippen molar-refractivity contribution in [3.8, 4) is 0 Å². The second-order valence-electron chi connectivity index (χ2n) is 4.85. The third kappa shape index (κ3) is 3.88. The average molecular weight is 264 g/mol. The number of rotatable bonds is 6. The highest BCUT2D eigenvalue weighted by atomic mass is 16.5. The van der Waals surface area contributed by atoms with Crippen molar-refractivity contribution >= 4 is 5.82 Å². The van der Waals surface area contributed by atoms with Crippen LogP contribution in [0.4, 0.5) is 5.82 Å². The number of anilines is 1. The van der Waals surface area contributed by atoms with Gasteiger partial charge >= 0.3 is 0 Å². The van der Waals surface area contributed by atoms with Crippen LogP contribution in [0.2, 0.25) is 0 Å². The number of aryl methyl sites for hydroxylation is 1. The van der Waals surface area contributed by atoms with E-state index in [-0.39, 0.29) is 0 Å². The molecule has 0 saturated carbocycles. The van der Waals surface area contributed by atoms with Gasteiger partial charge in [0.05, 0.1) is 19.3 Å². The zero-order chi connectivity index (χ0) is 13.5. The van der Waals surface area contributed by atoms with Crippen LogP contribution in [0.1, 0.15) is 26.0 Å². The van der Waals surface area contributed by atoms with Crippen molar-refractivity contribution in [1.29, 1.82) is 0 Å². The number of nitrogens with one attached hydrogen (secondary N) is 1. The van der Waals surface area contributed by atoms with Crippen molar-refractivity contribution < 1.29 is 4.74 Å². The zero-order valence-electron chi connectivity index (χ0n) is 11.9. The molecule has 1 unspecified atom stereocenters. The van der Waals surface area contributed by atoms with Gasteiger partial charge in [0.1, 0.15) is 12.1 Å². The van der Waals surface area contributed by atoms with Crippen LogP contribution in [0.25, 0.3) is 0 Å². The lowest BCUT2D eigenvalue weighted by Gasteiger charge is -2.36. The van der Waals surface area contributed by atoms with Crippen molar-refractivity contribution in [2.24, 2.45) is 0 Å². The fourth-order valence-corrected chi connectivity index (χ4v) is 2.37. The first kappa shape index (κ1) is 14.2. The summed E-state index contributed by atoms with van der Waals surface area (Å²) in [7, 11) is 0. The molecule has 5 heteroatoms. The van der Waals surface area contributed by atoms with Gasteiger partial charge in [0.15, 0.2) is 0 Å². The van der Waals surface area contributed by atoms with E-state index in [2.05, 4.69) is 40.1 Å². The number of morpholine rings is 1. The zero-order valence-corrected chi connectivity index (χ0v) is 11.9. The quantitative estimate of drug-likeness (QED) is 0.838. The van der Waals surface area contributed by atoms with Gasteiger partial charge in [0.2, 0.25) is 0 Å². The summed E-state index contributed by atoms with van der Waals surface area (Å²) < 4.78 is 5.58. The molecule has 1 aliphatic rings. The van der Waals surface area contributed by atoms with Gasteiger partial charge in [-0.2, -0.15) is 0 Å². The molecule has 5 nitrogen and oxygen atoms in total. The minimum Gasteiger partial charge on any atom is -0.377 e. The predicted molar refractivity (Wildman–Crippen MR) is 76.5 cm³/mol. The van der Waals surface area contributed by atoms with Crippen LogP contribution in [0, 0.1) is 0 Å². The summed E-state index contributed by atoms with van der Waals surface area (Å²) >= 11 is 0. The molecule has 2 heterocycles. The number of nitrogens with zero attached hydrogens (tertiary/aromatic N) is 3. The van der Waals surface area contributed by atoms with Crippen molar-refractivity contribution in [3.05, 3.63) is 18.1 Å². The van der Waals surface area contributed by atoms with E-state index in [9.17, 15) is 0 Å². The lowest BCUT2D eigenvalue weighted by atomic mass is 10.2. The fraction of sp³-hybridized carbons (Fsp3) is 0.714. The summed E-state index contributed by atoms with van der Waals surface area (Å²) in [4.78, 5) is 11.1. The average Bonchev–Trinajstić information content (AvgIpc) is 2.46. The first-order valence-electron chi connectivity index (χ1n) is 7.21. The maximum Gasteiger partial charge on any atom is 0.132 e. The minimum absolute atomic E-state index is 0.359. The van der Waals surface area contributed by atoms with Gasteiger partial charge in [-0.25, -0.2) is 9.97 Å². The van der Waals surface area contributed by atoms with Crippen molar-refractivity contribution in [3.63, 3.8) is 0 Å². The Morgan fingerprint density at radius 3 is 3.11 bits per heavy atom. The summed E-state index contributed by atoms with van der Waals surface area (Å²) in [5.74, 6) is 1.03. The Morgan fingerprint density at radius 1 is 1.42 bits per heavy atom. The molecule has 2 rings (SSSR count). The van der Waals surface area contributed by atoms with E-state index in [1.165, 1.54) is 0 Å². The topological polar surface area (TPSA) is 50.3 Å². The monoisotopic (exact) mass is 264 g/mol. The van der Waals surface area contributed by atoms with Gasteiger partial charge in [-0.1, -0.05) is 20.3 Å². The molecular weight excluding hydrogens is 240 g/mol. The van der Waals surface area contributed by atoms with E-state index in [0.29, 0.717) is 6.04 Å². The Hall–Kier alpha value is -1.20. The van der Waals surface area contributed by atoms with Gasteiger partial charge in [-0.3, -0.25) is 0 Å². The third-order valence-corrected chi connectivity index (χ3v) is 3.37. The largest absolute Gasteiger partial charge is 0.377 e. The molecule has 1 saturated heterocycles. The molecule has 1 atom stereocenters. The number of likely N-dealkylation sites (N-methyl/N-ethyl adjacent to an activating group) is 1. The van der Waals surface area contributed by atoms with Crippen LogP contribution in [-0.2, 0) is 11.2 Å². The van der Waals surface area contributed by atoms with Gasteiger partial charge in [-0.15, -0.1) is 0 Å². The van der Waals surface area contributed by atoms with Crippen molar-refractivity contribution in [1.82, 2.24) is 15.3 Å². The molecule has 0 aliphatic carbocycles. The number of hydrogen-bond donors (Lipinski definition) is 1. The Balaban J connectivity index is 2.09. The molecule has 1 aromatic rings. The number of hydrogen-bond acceptors (Lipinski definition) is 5. The van der Waals surface area contributed by atoms with Crippen molar-refractivity contribution in [2.75, 3.05) is 37.7 Å². The summed E-state index contributed by atoms with van der Waals surface area (Å²) in [6, 6.07) is 2.48. The molecule has 0 bridgehead atoms. The van der Waals surface area contributed by atoms with Crippen LogP contribution in [-0.4, -0.2) is 48.9 Å². The Kier molecular flexibility index (Phi) is 5.54. The van der Waals surface area contributed by atoms with E-state index >= 15 is 0 Å². The summed E-state index contributed by atoms with van der Waals surface area (Å²) in [5.41, 5.74) is 1.13. The van der Waals surface area contributed by atoms with E-state index in [1.54, 1.807) is 6.33 Å². The van der Waals surface area contributed by atoms with Crippen LogP contribution < -0.4 is 10.2 Å². The van der Waals surface area contributed by atoms with Gasteiger partial charge < -0.3 is 15.0 Å². The summed E-state index contributed by atoms with van der Waals surface area (Å²) in [5, 5.41) is 3.39. The van der Waals surface area contributed by atoms with Crippen LogP contribution >= 0.6 is 0 Å². The maximum atomic E-state index is 5.58. The van der Waals surface area contributed by atoms with Crippen molar-refractivity contribution in [2.45, 2.75) is 32.7 Å². The van der Waals surface area contributed by atoms with Gasteiger partial charge in [-0.05, 0) is 13.0 Å². The SMILES string of the molecule is CCCc1cc(N2CCOCC2CNCC)ncn1. The van der Waals surface area contributed by atoms with Gasteiger partial charge in [0.25, 0.3) is 0 Å². The van der Waals surface area contributed by atoms with E-state index in [0.717, 1.165) is 57.2 Å². The van der Waals surface area contributed by atoms with Gasteiger partial charge in [0, 0.05) is 24.8 Å². The highest BCUT2D eigenvalue weighted by Gasteiger charge is 2.23. The highest BCUT2D eigenvalue weighted by molar-refractivity contribution is 5.41. The standard InChI is InChI=1S/C14H24N4O/c1-3-5-12-8-14(17-11-16-12)18-6-7-19-10-13(18)9-15-4-2/h8,11,13,15H,3-7,9-10H2,1-2H3. The number of aromatic nitrogens is 2. The minimum atomic E-state index is 0.359. The molecule has 1 aliphatic heterocycles. The van der Waals surface area contributed by atoms with Crippen LogP contribution in [0.15, 0.2) is 12.4 Å². The Morgan fingerprint density at radius 2 is 2.32 bits per heavy atom. The molecule has 0 aromatic carbocycles. The van der Waals surface area contributed by atoms with Crippen LogP contribution in [0.5, 0.6) is 0 Å². The summed E-state index contributed by atoms with van der Waals surface area (Å²) in [6.07, 6.45) is 3.80. The normalized spacial score (nSPS) is 19.7. The molecule has 0 spiro atoms. The lowest BCUT2D eigenvalue weighted by Crippen LogP contribution is -2.51. The first-order valence-corrected chi connectivity index (χ1v) is 7.21. The van der Waals surface area contributed by atoms with Crippen LogP contribution in [0.3, 0.4) is 0 Å². The molecule has 0 radical (unpaired) electrons. The number of ether oxygens (including phenoxy) is 1. The third-order valence-electron chi connectivity index (χ3n) is 3.37. The lowest BCUT2D eigenvalue weighted by molar-refractivity contribution is 0.0935. The first-order chi connectivity index (χ1) is 9.35. The molecule has 1 fully saturated rings. The molecular formula is C14H24N4O. The highest BCUT2D eigenvalue weighted by Crippen LogP contribution is 2.17. The summed E-state index contributed by atoms with van der Waals surface area (Å²) in [6.45, 7) is 8.65. The fourth-order valence-electron chi connectivity index (χ4n) is 2.37. The second kappa shape index (κ2) is 7.40. The van der Waals surface area contributed by atoms with E-state index in [4.69, 9.17) is 4.74 Å². The van der Waals surface area contributed by atoms with E-state index < -0.39 is 0 Å². The molecule has 1 aromatic heterocycles. The second-order valence-corrected chi connectivity index (χ2v) is 4.85. The molecule has 19 heavy (non-hydrogen) atoms. The Labute approximate surface area is 115 Å². The molecule has 1 N–H and O–H groups in total. The maximum absolute atomic E-state index is 5.58.